The molecule has 0 amide bonds. The van der Waals surface area contributed by atoms with E-state index in [0.29, 0.717) is 0 Å². The summed E-state index contributed by atoms with van der Waals surface area (Å²) < 4.78 is 2.30. The van der Waals surface area contributed by atoms with Gasteiger partial charge in [0.15, 0.2) is 6.21 Å². The molecule has 0 saturated carbocycles. The highest BCUT2D eigenvalue weighted by atomic mass is 15.0. The van der Waals surface area contributed by atoms with Crippen LogP contribution >= 0.6 is 0 Å². The Morgan fingerprint density at radius 1 is 0.362 bits per heavy atom. The maximum Gasteiger partial charge on any atom is 0.219 e. The second kappa shape index (κ2) is 18.2. The monoisotopic (exact) mass is 746 g/mol. The van der Waals surface area contributed by atoms with Crippen molar-refractivity contribution in [1.82, 2.24) is 4.58 Å². The normalized spacial score (nSPS) is 12.3. The SMILES string of the molecule is C/C=C\C=C/C=[N+]1c2ccc(-c3ccccc3)cc2-c2cc(-c3cccc(-c4ccc(C)cc4)c3)ccc21.c1ccc(CCc2ccc(-c3ccccc3)cc2)cc1. The second-order valence-corrected chi connectivity index (χ2v) is 14.8. The molecule has 1 heterocycles. The van der Waals surface area contributed by atoms with Crippen molar-refractivity contribution < 1.29 is 0 Å². The fraction of sp³-hybridized carbons (Fsp3) is 0.0702. The maximum absolute atomic E-state index is 2.35. The molecule has 9 rings (SSSR count). The van der Waals surface area contributed by atoms with E-state index < -0.39 is 0 Å². The van der Waals surface area contributed by atoms with Crippen LogP contribution in [0.3, 0.4) is 0 Å². The van der Waals surface area contributed by atoms with Gasteiger partial charge in [-0.2, -0.15) is 4.58 Å². The molecule has 58 heavy (non-hydrogen) atoms. The van der Waals surface area contributed by atoms with Crippen LogP contribution in [0.15, 0.2) is 224 Å². The number of aryl methyl sites for hydroxylation is 3. The van der Waals surface area contributed by atoms with E-state index in [4.69, 9.17) is 0 Å². The third-order valence-corrected chi connectivity index (χ3v) is 10.7. The van der Waals surface area contributed by atoms with Gasteiger partial charge in [0.25, 0.3) is 0 Å². The van der Waals surface area contributed by atoms with Crippen molar-refractivity contribution in [2.45, 2.75) is 26.7 Å². The van der Waals surface area contributed by atoms with Gasteiger partial charge >= 0.3 is 0 Å². The smallest absolute Gasteiger partial charge is 0.159 e. The molecule has 0 bridgehead atoms. The number of hydrogen-bond donors (Lipinski definition) is 0. The highest BCUT2D eigenvalue weighted by Gasteiger charge is 2.32. The standard InChI is InChI=1S/C37H30N.C20H18/c1-3-4-5-9-23-38-36-21-19-32(28-11-7-6-8-12-28)25-34(36)35-26-33(20-22-37(35)38)31-14-10-13-30(24-31)29-17-15-27(2)16-18-29;1-3-7-17(8-4-1)11-12-18-13-15-20(16-14-18)19-9-5-2-6-10-19/h3-26H,1-2H3;1-10,13-16H,11-12H2/q+1;/b4-3-,9-5-,38-23?;. The van der Waals surface area contributed by atoms with Gasteiger partial charge in [0, 0.05) is 18.2 Å². The molecule has 0 N–H and O–H groups in total. The van der Waals surface area contributed by atoms with Gasteiger partial charge in [0.1, 0.15) is 0 Å². The van der Waals surface area contributed by atoms with E-state index in [9.17, 15) is 0 Å². The van der Waals surface area contributed by atoms with Gasteiger partial charge in [-0.15, -0.1) is 0 Å². The van der Waals surface area contributed by atoms with Crippen LogP contribution in [-0.2, 0) is 12.8 Å². The van der Waals surface area contributed by atoms with E-state index in [1.54, 1.807) is 0 Å². The lowest BCUT2D eigenvalue weighted by Crippen LogP contribution is -2.00. The van der Waals surface area contributed by atoms with E-state index in [1.807, 2.05) is 13.0 Å². The Balaban J connectivity index is 0.000000197. The minimum Gasteiger partial charge on any atom is -0.159 e. The molecule has 1 aliphatic rings. The summed E-state index contributed by atoms with van der Waals surface area (Å²) in [5, 5.41) is 0. The fourth-order valence-electron chi connectivity index (χ4n) is 7.57. The lowest BCUT2D eigenvalue weighted by atomic mass is 9.95. The average Bonchev–Trinajstić information content (AvgIpc) is 3.60. The summed E-state index contributed by atoms with van der Waals surface area (Å²) in [4.78, 5) is 0. The molecule has 0 spiro atoms. The first-order valence-electron chi connectivity index (χ1n) is 20.2. The molecule has 8 aromatic carbocycles. The first-order chi connectivity index (χ1) is 28.6. The molecule has 0 aromatic heterocycles. The van der Waals surface area contributed by atoms with Gasteiger partial charge in [-0.25, -0.2) is 0 Å². The Bertz CT molecular complexity index is 2680. The van der Waals surface area contributed by atoms with E-state index >= 15 is 0 Å². The van der Waals surface area contributed by atoms with Crippen LogP contribution in [0.4, 0.5) is 11.4 Å². The third-order valence-electron chi connectivity index (χ3n) is 10.7. The summed E-state index contributed by atoms with van der Waals surface area (Å²) >= 11 is 0. The predicted octanol–water partition coefficient (Wildman–Crippen LogP) is 15.2. The first kappa shape index (κ1) is 37.8. The summed E-state index contributed by atoms with van der Waals surface area (Å²) in [5.74, 6) is 0. The minimum atomic E-state index is 1.10. The van der Waals surface area contributed by atoms with Gasteiger partial charge in [-0.05, 0) is 113 Å². The molecule has 0 atom stereocenters. The molecule has 1 nitrogen and oxygen atoms in total. The van der Waals surface area contributed by atoms with Gasteiger partial charge < -0.3 is 0 Å². The van der Waals surface area contributed by atoms with Crippen molar-refractivity contribution in [3.05, 3.63) is 241 Å². The van der Waals surface area contributed by atoms with Crippen molar-refractivity contribution in [3.8, 4) is 55.6 Å². The molecule has 0 fully saturated rings. The molecule has 0 radical (unpaired) electrons. The molecule has 1 heteroatoms. The summed E-state index contributed by atoms with van der Waals surface area (Å²) in [6.45, 7) is 4.16. The zero-order chi connectivity index (χ0) is 39.5. The molecular formula is C57H48N+. The number of benzene rings is 8. The van der Waals surface area contributed by atoms with Crippen molar-refractivity contribution in [1.29, 1.82) is 0 Å². The van der Waals surface area contributed by atoms with Crippen molar-refractivity contribution in [2.75, 3.05) is 0 Å². The molecule has 0 aliphatic carbocycles. The van der Waals surface area contributed by atoms with Crippen LogP contribution in [0, 0.1) is 6.92 Å². The summed E-state index contributed by atoms with van der Waals surface area (Å²) in [6.07, 6.45) is 12.6. The summed E-state index contributed by atoms with van der Waals surface area (Å²) in [6, 6.07) is 72.0. The average molecular weight is 747 g/mol. The zero-order valence-electron chi connectivity index (χ0n) is 33.3. The molecule has 0 saturated heterocycles. The summed E-state index contributed by atoms with van der Waals surface area (Å²) in [5.41, 5.74) is 18.9. The molecule has 280 valence electrons. The molecule has 8 aromatic rings. The van der Waals surface area contributed by atoms with Gasteiger partial charge in [0.05, 0.1) is 11.1 Å². The third kappa shape index (κ3) is 8.96. The minimum absolute atomic E-state index is 1.10. The second-order valence-electron chi connectivity index (χ2n) is 14.8. The number of allylic oxidation sites excluding steroid dienone is 4. The van der Waals surface area contributed by atoms with Gasteiger partial charge in [-0.1, -0.05) is 182 Å². The van der Waals surface area contributed by atoms with Crippen LogP contribution in [0.5, 0.6) is 0 Å². The predicted molar refractivity (Wildman–Crippen MR) is 250 cm³/mol. The van der Waals surface area contributed by atoms with Crippen LogP contribution in [-0.4, -0.2) is 6.21 Å². The fourth-order valence-corrected chi connectivity index (χ4v) is 7.57. The number of nitrogens with zero attached hydrogens (tertiary/aromatic N) is 1. The number of rotatable bonds is 9. The first-order valence-corrected chi connectivity index (χ1v) is 20.2. The number of fused-ring (bicyclic) bond motifs is 3. The van der Waals surface area contributed by atoms with Crippen LogP contribution in [0.2, 0.25) is 0 Å². The van der Waals surface area contributed by atoms with E-state index in [-0.39, 0.29) is 0 Å². The quantitative estimate of drug-likeness (QED) is 0.102. The van der Waals surface area contributed by atoms with Crippen LogP contribution in [0.1, 0.15) is 23.6 Å². The highest BCUT2D eigenvalue weighted by Crippen LogP contribution is 2.47. The van der Waals surface area contributed by atoms with Crippen LogP contribution < -0.4 is 4.58 Å². The number of hydrogen-bond acceptors (Lipinski definition) is 0. The lowest BCUT2D eigenvalue weighted by molar-refractivity contribution is 0.960. The Kier molecular flexibility index (Phi) is 11.9. The van der Waals surface area contributed by atoms with E-state index in [1.165, 1.54) is 83.7 Å². The Labute approximate surface area is 344 Å². The van der Waals surface area contributed by atoms with Crippen molar-refractivity contribution in [2.24, 2.45) is 0 Å². The van der Waals surface area contributed by atoms with E-state index in [0.717, 1.165) is 12.8 Å². The van der Waals surface area contributed by atoms with Crippen LogP contribution in [0.25, 0.3) is 55.6 Å². The summed E-state index contributed by atoms with van der Waals surface area (Å²) in [7, 11) is 0. The van der Waals surface area contributed by atoms with Crippen molar-refractivity contribution >= 4 is 17.6 Å². The van der Waals surface area contributed by atoms with E-state index in [2.05, 4.69) is 236 Å². The van der Waals surface area contributed by atoms with Gasteiger partial charge in [0.2, 0.25) is 11.4 Å². The molecule has 0 unspecified atom stereocenters. The lowest BCUT2D eigenvalue weighted by Gasteiger charge is -2.08. The Hall–Kier alpha value is -7.09. The van der Waals surface area contributed by atoms with Gasteiger partial charge in [-0.3, -0.25) is 0 Å². The topological polar surface area (TPSA) is 3.01 Å². The molecule has 1 aliphatic heterocycles. The largest absolute Gasteiger partial charge is 0.219 e. The zero-order valence-corrected chi connectivity index (χ0v) is 33.3. The van der Waals surface area contributed by atoms with Crippen molar-refractivity contribution in [3.63, 3.8) is 0 Å². The highest BCUT2D eigenvalue weighted by molar-refractivity contribution is 6.00. The maximum atomic E-state index is 2.35. The Morgan fingerprint density at radius 3 is 1.36 bits per heavy atom. The molecular weight excluding hydrogens is 699 g/mol. The Morgan fingerprint density at radius 2 is 0.776 bits per heavy atom.